The van der Waals surface area contributed by atoms with Gasteiger partial charge in [0.2, 0.25) is 10.0 Å². The van der Waals surface area contributed by atoms with Gasteiger partial charge < -0.3 is 5.11 Å². The molecule has 3 rings (SSSR count). The van der Waals surface area contributed by atoms with Crippen molar-refractivity contribution in [3.05, 3.63) is 15.8 Å². The third-order valence-corrected chi connectivity index (χ3v) is 7.65. The van der Waals surface area contributed by atoms with E-state index in [1.807, 2.05) is 6.92 Å². The number of aliphatic hydroxyl groups excluding tert-OH is 1. The zero-order chi connectivity index (χ0) is 15.0. The van der Waals surface area contributed by atoms with Crippen LogP contribution in [-0.2, 0) is 16.6 Å². The number of nitrogens with zero attached hydrogens (tertiary/aromatic N) is 2. The molecule has 1 unspecified atom stereocenters. The van der Waals surface area contributed by atoms with Gasteiger partial charge in [-0.1, -0.05) is 6.42 Å². The number of sulfonamides is 1. The maximum Gasteiger partial charge on any atom is 0.244 e. The average Bonchev–Trinajstić information content (AvgIpc) is 2.88. The second-order valence-corrected chi connectivity index (χ2v) is 9.09. The van der Waals surface area contributed by atoms with Crippen LogP contribution in [0.5, 0.6) is 0 Å². The Kier molecular flexibility index (Phi) is 4.38. The van der Waals surface area contributed by atoms with E-state index in [2.05, 4.69) is 4.90 Å². The highest BCUT2D eigenvalue weighted by Crippen LogP contribution is 2.30. The highest BCUT2D eigenvalue weighted by Gasteiger charge is 2.36. The van der Waals surface area contributed by atoms with Crippen molar-refractivity contribution in [2.45, 2.75) is 43.7 Å². The number of thiophene rings is 1. The van der Waals surface area contributed by atoms with E-state index in [1.54, 1.807) is 10.4 Å². The Balaban J connectivity index is 1.83. The normalized spacial score (nSPS) is 25.0. The molecule has 2 aliphatic heterocycles. The molecule has 0 amide bonds. The predicted molar refractivity (Wildman–Crippen MR) is 82.9 cm³/mol. The summed E-state index contributed by atoms with van der Waals surface area (Å²) in [4.78, 5) is 4.28. The van der Waals surface area contributed by atoms with Crippen molar-refractivity contribution < 1.29 is 13.5 Å². The Morgan fingerprint density at radius 1 is 1.33 bits per heavy atom. The molecule has 0 aromatic carbocycles. The smallest absolute Gasteiger partial charge is 0.244 e. The quantitative estimate of drug-likeness (QED) is 0.910. The molecule has 1 aromatic rings. The summed E-state index contributed by atoms with van der Waals surface area (Å²) in [6.45, 7) is 4.82. The Bertz CT molecular complexity index is 612. The van der Waals surface area contributed by atoms with Crippen LogP contribution in [0.25, 0.3) is 0 Å². The predicted octanol–water partition coefficient (Wildman–Crippen LogP) is 1.41. The van der Waals surface area contributed by atoms with E-state index >= 15 is 0 Å². The highest BCUT2D eigenvalue weighted by molar-refractivity contribution is 7.89. The van der Waals surface area contributed by atoms with Crippen LogP contribution in [0.3, 0.4) is 0 Å². The molecule has 0 radical (unpaired) electrons. The molecule has 1 N–H and O–H groups in total. The SMILES string of the molecule is Cc1sc(CO)cc1S(=O)(=O)N1CCN2CCCCC2C1. The molecular formula is C14H22N2O3S2. The van der Waals surface area contributed by atoms with Crippen molar-refractivity contribution in [3.63, 3.8) is 0 Å². The standard InChI is InChI=1S/C14H22N2O3S2/c1-11-14(8-13(10-17)20-11)21(18,19)16-7-6-15-5-3-2-4-12(15)9-16/h8,12,17H,2-7,9-10H2,1H3. The number of aliphatic hydroxyl groups is 1. The van der Waals surface area contributed by atoms with E-state index in [0.717, 1.165) is 24.4 Å². The van der Waals surface area contributed by atoms with Gasteiger partial charge in [-0.15, -0.1) is 11.3 Å². The fourth-order valence-electron chi connectivity index (χ4n) is 3.34. The van der Waals surface area contributed by atoms with Crippen LogP contribution in [0.4, 0.5) is 0 Å². The van der Waals surface area contributed by atoms with E-state index in [1.165, 1.54) is 24.2 Å². The molecule has 2 aliphatic rings. The van der Waals surface area contributed by atoms with Crippen molar-refractivity contribution in [3.8, 4) is 0 Å². The molecule has 3 heterocycles. The van der Waals surface area contributed by atoms with Gasteiger partial charge in [0.1, 0.15) is 0 Å². The third kappa shape index (κ3) is 2.90. The van der Waals surface area contributed by atoms with Crippen molar-refractivity contribution in [2.24, 2.45) is 0 Å². The fourth-order valence-corrected chi connectivity index (χ4v) is 6.28. The summed E-state index contributed by atoms with van der Waals surface area (Å²) in [6, 6.07) is 2.00. The Hall–Kier alpha value is -0.470. The molecule has 1 atom stereocenters. The molecule has 0 bridgehead atoms. The van der Waals surface area contributed by atoms with Gasteiger partial charge in [-0.2, -0.15) is 4.31 Å². The molecule has 5 nitrogen and oxygen atoms in total. The zero-order valence-electron chi connectivity index (χ0n) is 12.3. The van der Waals surface area contributed by atoms with Crippen molar-refractivity contribution in [2.75, 3.05) is 26.2 Å². The summed E-state index contributed by atoms with van der Waals surface area (Å²) in [6.07, 6.45) is 3.52. The summed E-state index contributed by atoms with van der Waals surface area (Å²) in [5.74, 6) is 0. The average molecular weight is 330 g/mol. The number of piperidine rings is 1. The molecule has 7 heteroatoms. The summed E-state index contributed by atoms with van der Waals surface area (Å²) in [5.41, 5.74) is 0. The molecule has 1 aromatic heterocycles. The molecule has 0 aliphatic carbocycles. The lowest BCUT2D eigenvalue weighted by Gasteiger charge is -2.43. The Morgan fingerprint density at radius 2 is 2.14 bits per heavy atom. The molecule has 21 heavy (non-hydrogen) atoms. The van der Waals surface area contributed by atoms with Gasteiger partial charge in [-0.05, 0) is 32.4 Å². The summed E-state index contributed by atoms with van der Waals surface area (Å²) < 4.78 is 27.3. The first kappa shape index (κ1) is 15.4. The van der Waals surface area contributed by atoms with Gasteiger partial charge >= 0.3 is 0 Å². The van der Waals surface area contributed by atoms with E-state index < -0.39 is 10.0 Å². The monoisotopic (exact) mass is 330 g/mol. The van der Waals surface area contributed by atoms with E-state index in [-0.39, 0.29) is 6.61 Å². The minimum Gasteiger partial charge on any atom is -0.391 e. The van der Waals surface area contributed by atoms with Crippen molar-refractivity contribution in [1.82, 2.24) is 9.21 Å². The van der Waals surface area contributed by atoms with E-state index in [4.69, 9.17) is 0 Å². The number of hydrogen-bond acceptors (Lipinski definition) is 5. The van der Waals surface area contributed by atoms with Crippen LogP contribution < -0.4 is 0 Å². The third-order valence-electron chi connectivity index (χ3n) is 4.50. The topological polar surface area (TPSA) is 60.9 Å². The summed E-state index contributed by atoms with van der Waals surface area (Å²) in [5, 5.41) is 9.20. The van der Waals surface area contributed by atoms with Gasteiger partial charge in [0.25, 0.3) is 0 Å². The van der Waals surface area contributed by atoms with Gasteiger partial charge in [0.15, 0.2) is 0 Å². The Labute approximate surface area is 130 Å². The van der Waals surface area contributed by atoms with E-state index in [0.29, 0.717) is 28.9 Å². The van der Waals surface area contributed by atoms with Gasteiger partial charge in [0.05, 0.1) is 11.5 Å². The largest absolute Gasteiger partial charge is 0.391 e. The maximum atomic E-state index is 12.8. The molecular weight excluding hydrogens is 308 g/mol. The first-order valence-electron chi connectivity index (χ1n) is 7.47. The van der Waals surface area contributed by atoms with Gasteiger partial charge in [-0.3, -0.25) is 4.90 Å². The van der Waals surface area contributed by atoms with Gasteiger partial charge in [0, 0.05) is 35.4 Å². The molecule has 2 fully saturated rings. The van der Waals surface area contributed by atoms with Crippen LogP contribution in [0, 0.1) is 6.92 Å². The minimum absolute atomic E-state index is 0.0998. The van der Waals surface area contributed by atoms with Crippen molar-refractivity contribution >= 4 is 21.4 Å². The molecule has 118 valence electrons. The summed E-state index contributed by atoms with van der Waals surface area (Å²) in [7, 11) is -3.43. The summed E-state index contributed by atoms with van der Waals surface area (Å²) >= 11 is 1.36. The lowest BCUT2D eigenvalue weighted by atomic mass is 10.0. The maximum absolute atomic E-state index is 12.8. The first-order chi connectivity index (χ1) is 10.0. The molecule has 2 saturated heterocycles. The van der Waals surface area contributed by atoms with Crippen molar-refractivity contribution in [1.29, 1.82) is 0 Å². The van der Waals surface area contributed by atoms with Crippen LogP contribution in [-0.4, -0.2) is 55.0 Å². The number of aryl methyl sites for hydroxylation is 1. The number of piperazine rings is 1. The van der Waals surface area contributed by atoms with Crippen LogP contribution >= 0.6 is 11.3 Å². The van der Waals surface area contributed by atoms with Crippen LogP contribution in [0.1, 0.15) is 29.0 Å². The Morgan fingerprint density at radius 3 is 2.86 bits per heavy atom. The zero-order valence-corrected chi connectivity index (χ0v) is 13.9. The first-order valence-corrected chi connectivity index (χ1v) is 9.72. The fraction of sp³-hybridized carbons (Fsp3) is 0.714. The number of fused-ring (bicyclic) bond motifs is 1. The van der Waals surface area contributed by atoms with Gasteiger partial charge in [-0.25, -0.2) is 8.42 Å². The number of hydrogen-bond donors (Lipinski definition) is 1. The molecule has 0 saturated carbocycles. The molecule has 0 spiro atoms. The highest BCUT2D eigenvalue weighted by atomic mass is 32.2. The van der Waals surface area contributed by atoms with Crippen LogP contribution in [0.2, 0.25) is 0 Å². The van der Waals surface area contributed by atoms with Crippen LogP contribution in [0.15, 0.2) is 11.0 Å². The second-order valence-electron chi connectivity index (χ2n) is 5.84. The number of rotatable bonds is 3. The lowest BCUT2D eigenvalue weighted by Crippen LogP contribution is -2.56. The van der Waals surface area contributed by atoms with E-state index in [9.17, 15) is 13.5 Å². The lowest BCUT2D eigenvalue weighted by molar-refractivity contribution is 0.0851. The second kappa shape index (κ2) is 5.96. The minimum atomic E-state index is -3.43.